The molecule has 0 aliphatic heterocycles. The van der Waals surface area contributed by atoms with Gasteiger partial charge in [0, 0.05) is 12.2 Å². The minimum absolute atomic E-state index is 0.232. The van der Waals surface area contributed by atoms with Crippen LogP contribution in [0.4, 0.5) is 5.69 Å². The third kappa shape index (κ3) is 6.02. The predicted molar refractivity (Wildman–Crippen MR) is 147 cm³/mol. The number of benzene rings is 4. The number of hydrogen-bond donors (Lipinski definition) is 2. The fraction of sp³-hybridized carbons (Fsp3) is 0.167. The van der Waals surface area contributed by atoms with Gasteiger partial charge in [0.05, 0.1) is 29.2 Å². The summed E-state index contributed by atoms with van der Waals surface area (Å²) in [5.41, 5.74) is 5.25. The zero-order valence-electron chi connectivity index (χ0n) is 20.6. The van der Waals surface area contributed by atoms with Crippen LogP contribution >= 0.6 is 0 Å². The molecule has 2 N–H and O–H groups in total. The van der Waals surface area contributed by atoms with E-state index < -0.39 is 0 Å². The molecule has 4 aromatic carbocycles. The van der Waals surface area contributed by atoms with Crippen molar-refractivity contribution in [2.24, 2.45) is 0 Å². The Bertz CT molecular complexity index is 1500. The van der Waals surface area contributed by atoms with E-state index in [1.807, 2.05) is 72.8 Å². The third-order valence-electron chi connectivity index (χ3n) is 6.02. The van der Waals surface area contributed by atoms with Gasteiger partial charge in [-0.25, -0.2) is 9.97 Å². The zero-order chi connectivity index (χ0) is 25.5. The molecule has 1 heterocycles. The molecular weight excluding hydrogens is 464 g/mol. The Morgan fingerprint density at radius 1 is 0.757 bits per heavy atom. The van der Waals surface area contributed by atoms with Crippen LogP contribution in [0, 0.1) is 0 Å². The van der Waals surface area contributed by atoms with Crippen LogP contribution in [0.5, 0.6) is 11.5 Å². The maximum absolute atomic E-state index is 13.0. The van der Waals surface area contributed by atoms with E-state index in [9.17, 15) is 4.79 Å². The lowest BCUT2D eigenvalue weighted by Gasteiger charge is -2.10. The summed E-state index contributed by atoms with van der Waals surface area (Å²) in [4.78, 5) is 22.4. The number of nitrogens with zero attached hydrogens (tertiary/aromatic N) is 2. The topological polar surface area (TPSA) is 85.4 Å². The minimum Gasteiger partial charge on any atom is -0.497 e. The lowest BCUT2D eigenvalue weighted by molar-refractivity contribution is 0.102. The Kier molecular flexibility index (Phi) is 7.52. The van der Waals surface area contributed by atoms with Crippen molar-refractivity contribution in [2.75, 3.05) is 32.1 Å². The van der Waals surface area contributed by atoms with Crippen LogP contribution in [0.25, 0.3) is 22.1 Å². The second-order valence-corrected chi connectivity index (χ2v) is 8.56. The van der Waals surface area contributed by atoms with Gasteiger partial charge in [0.15, 0.2) is 0 Å². The van der Waals surface area contributed by atoms with Gasteiger partial charge in [0.25, 0.3) is 5.91 Å². The van der Waals surface area contributed by atoms with Gasteiger partial charge in [-0.2, -0.15) is 0 Å². The first kappa shape index (κ1) is 24.2. The highest BCUT2D eigenvalue weighted by Gasteiger charge is 2.13. The SMILES string of the molecule is COc1ccc(CCNCCOc2ccc(NC(=O)c3cccc4nc5ccccc5nc34)cc2)cc1. The number of nitrogens with one attached hydrogen (secondary N) is 2. The molecule has 1 amide bonds. The Labute approximate surface area is 215 Å². The molecule has 5 aromatic rings. The van der Waals surface area contributed by atoms with E-state index in [1.54, 1.807) is 13.2 Å². The van der Waals surface area contributed by atoms with E-state index in [-0.39, 0.29) is 5.91 Å². The largest absolute Gasteiger partial charge is 0.497 e. The summed E-state index contributed by atoms with van der Waals surface area (Å²) in [7, 11) is 1.67. The van der Waals surface area contributed by atoms with Crippen LogP contribution in [0.1, 0.15) is 15.9 Å². The summed E-state index contributed by atoms with van der Waals surface area (Å²) in [5.74, 6) is 1.38. The average Bonchev–Trinajstić information content (AvgIpc) is 2.94. The molecule has 0 bridgehead atoms. The number of fused-ring (bicyclic) bond motifs is 2. The quantitative estimate of drug-likeness (QED) is 0.204. The average molecular weight is 493 g/mol. The first-order chi connectivity index (χ1) is 18.2. The molecule has 0 atom stereocenters. The molecule has 0 radical (unpaired) electrons. The molecule has 0 fully saturated rings. The molecule has 186 valence electrons. The van der Waals surface area contributed by atoms with Gasteiger partial charge in [-0.1, -0.05) is 30.3 Å². The molecule has 0 unspecified atom stereocenters. The normalized spacial score (nSPS) is 10.9. The molecule has 0 saturated heterocycles. The van der Waals surface area contributed by atoms with Crippen molar-refractivity contribution in [3.8, 4) is 11.5 Å². The van der Waals surface area contributed by atoms with Crippen molar-refractivity contribution < 1.29 is 14.3 Å². The highest BCUT2D eigenvalue weighted by molar-refractivity contribution is 6.12. The summed E-state index contributed by atoms with van der Waals surface area (Å²) in [6.45, 7) is 2.16. The monoisotopic (exact) mass is 492 g/mol. The molecule has 37 heavy (non-hydrogen) atoms. The maximum Gasteiger partial charge on any atom is 0.257 e. The van der Waals surface area contributed by atoms with Crippen LogP contribution < -0.4 is 20.1 Å². The second-order valence-electron chi connectivity index (χ2n) is 8.56. The van der Waals surface area contributed by atoms with Crippen LogP contribution in [-0.4, -0.2) is 42.7 Å². The molecule has 7 nitrogen and oxygen atoms in total. The summed E-state index contributed by atoms with van der Waals surface area (Å²) in [6.07, 6.45) is 0.941. The van der Waals surface area contributed by atoms with Crippen molar-refractivity contribution in [1.29, 1.82) is 0 Å². The molecule has 1 aromatic heterocycles. The van der Waals surface area contributed by atoms with Crippen molar-refractivity contribution in [2.45, 2.75) is 6.42 Å². The van der Waals surface area contributed by atoms with Gasteiger partial charge in [-0.05, 0) is 79.2 Å². The molecular formula is C30H28N4O3. The highest BCUT2D eigenvalue weighted by atomic mass is 16.5. The van der Waals surface area contributed by atoms with E-state index >= 15 is 0 Å². The van der Waals surface area contributed by atoms with Gasteiger partial charge in [-0.15, -0.1) is 0 Å². The Hall–Kier alpha value is -4.49. The molecule has 0 aliphatic carbocycles. The Balaban J connectivity index is 1.11. The van der Waals surface area contributed by atoms with Gasteiger partial charge < -0.3 is 20.1 Å². The first-order valence-electron chi connectivity index (χ1n) is 12.2. The lowest BCUT2D eigenvalue weighted by Crippen LogP contribution is -2.23. The summed E-state index contributed by atoms with van der Waals surface area (Å²) in [5, 5.41) is 6.34. The molecule has 0 spiro atoms. The lowest BCUT2D eigenvalue weighted by atomic mass is 10.1. The number of rotatable bonds is 10. The van der Waals surface area contributed by atoms with Crippen molar-refractivity contribution in [1.82, 2.24) is 15.3 Å². The standard InChI is InChI=1S/C30H28N4O3/c1-36-23-13-9-21(10-14-23)17-18-31-19-20-37-24-15-11-22(12-16-24)32-30(35)25-5-4-8-28-29(25)34-27-7-3-2-6-26(27)33-28/h2-16,31H,17-20H2,1H3,(H,32,35). The fourth-order valence-electron chi connectivity index (χ4n) is 4.05. The number of aromatic nitrogens is 2. The van der Waals surface area contributed by atoms with Crippen LogP contribution in [0.2, 0.25) is 0 Å². The van der Waals surface area contributed by atoms with Gasteiger partial charge in [0.2, 0.25) is 0 Å². The second kappa shape index (κ2) is 11.5. The molecule has 5 rings (SSSR count). The number of ether oxygens (including phenoxy) is 2. The van der Waals surface area contributed by atoms with Crippen LogP contribution in [0.15, 0.2) is 91.0 Å². The van der Waals surface area contributed by atoms with E-state index in [0.717, 1.165) is 42.0 Å². The Morgan fingerprint density at radius 2 is 1.46 bits per heavy atom. The van der Waals surface area contributed by atoms with E-state index in [4.69, 9.17) is 9.47 Å². The number of methoxy groups -OCH3 is 1. The van der Waals surface area contributed by atoms with E-state index in [2.05, 4.69) is 32.7 Å². The zero-order valence-corrected chi connectivity index (χ0v) is 20.6. The molecule has 0 saturated carbocycles. The van der Waals surface area contributed by atoms with Crippen molar-refractivity contribution >= 4 is 33.7 Å². The number of para-hydroxylation sites is 3. The summed E-state index contributed by atoms with van der Waals surface area (Å²) < 4.78 is 11.0. The van der Waals surface area contributed by atoms with Crippen molar-refractivity contribution in [3.63, 3.8) is 0 Å². The number of anilines is 1. The fourth-order valence-corrected chi connectivity index (χ4v) is 4.05. The van der Waals surface area contributed by atoms with Crippen molar-refractivity contribution in [3.05, 3.63) is 102 Å². The highest BCUT2D eigenvalue weighted by Crippen LogP contribution is 2.21. The maximum atomic E-state index is 13.0. The third-order valence-corrected chi connectivity index (χ3v) is 6.02. The number of amides is 1. The number of carbonyl (C=O) groups excluding carboxylic acids is 1. The smallest absolute Gasteiger partial charge is 0.257 e. The predicted octanol–water partition coefficient (Wildman–Crippen LogP) is 5.26. The summed E-state index contributed by atoms with van der Waals surface area (Å²) >= 11 is 0. The summed E-state index contributed by atoms with van der Waals surface area (Å²) in [6, 6.07) is 28.6. The van der Waals surface area contributed by atoms with E-state index in [1.165, 1.54) is 5.56 Å². The van der Waals surface area contributed by atoms with Gasteiger partial charge >= 0.3 is 0 Å². The number of carbonyl (C=O) groups is 1. The van der Waals surface area contributed by atoms with E-state index in [0.29, 0.717) is 28.9 Å². The molecule has 7 heteroatoms. The van der Waals surface area contributed by atoms with Crippen LogP contribution in [-0.2, 0) is 6.42 Å². The van der Waals surface area contributed by atoms with Gasteiger partial charge in [-0.3, -0.25) is 4.79 Å². The number of hydrogen-bond acceptors (Lipinski definition) is 6. The first-order valence-corrected chi connectivity index (χ1v) is 12.2. The van der Waals surface area contributed by atoms with Gasteiger partial charge in [0.1, 0.15) is 23.6 Å². The Morgan fingerprint density at radius 3 is 2.22 bits per heavy atom. The van der Waals surface area contributed by atoms with Crippen LogP contribution in [0.3, 0.4) is 0 Å². The minimum atomic E-state index is -0.232. The molecule has 0 aliphatic rings.